The Hall–Kier alpha value is -1.61. The number of rotatable bonds is 3. The quantitative estimate of drug-likeness (QED) is 0.900. The number of hydrogen-bond donors (Lipinski definition) is 1. The first-order valence-corrected chi connectivity index (χ1v) is 6.37. The van der Waals surface area contributed by atoms with E-state index in [2.05, 4.69) is 12.2 Å². The van der Waals surface area contributed by atoms with E-state index >= 15 is 0 Å². The van der Waals surface area contributed by atoms with Crippen LogP contribution in [-0.2, 0) is 0 Å². The molecule has 96 valence electrons. The molecule has 0 amide bonds. The van der Waals surface area contributed by atoms with Gasteiger partial charge in [0.15, 0.2) is 0 Å². The summed E-state index contributed by atoms with van der Waals surface area (Å²) in [6.07, 6.45) is 1.98. The van der Waals surface area contributed by atoms with Crippen molar-refractivity contribution in [1.82, 2.24) is 9.88 Å². The Morgan fingerprint density at radius 2 is 1.72 bits per heavy atom. The molecular formula is C15H20N2O. The highest BCUT2D eigenvalue weighted by atomic mass is 16.1. The third-order valence-electron chi connectivity index (χ3n) is 3.44. The summed E-state index contributed by atoms with van der Waals surface area (Å²) in [5, 5.41) is 5.08. The second kappa shape index (κ2) is 4.94. The van der Waals surface area contributed by atoms with Crippen LogP contribution in [0.25, 0.3) is 10.8 Å². The zero-order chi connectivity index (χ0) is 13.3. The van der Waals surface area contributed by atoms with Crippen molar-refractivity contribution in [1.29, 1.82) is 0 Å². The SMILES string of the molecule is CNC(C)c1cn(C(C)C)c(=O)c2ccccc12. The molecule has 0 aliphatic rings. The summed E-state index contributed by atoms with van der Waals surface area (Å²) >= 11 is 0. The molecule has 3 nitrogen and oxygen atoms in total. The van der Waals surface area contributed by atoms with Gasteiger partial charge in [-0.1, -0.05) is 18.2 Å². The summed E-state index contributed by atoms with van der Waals surface area (Å²) < 4.78 is 1.81. The molecule has 0 spiro atoms. The van der Waals surface area contributed by atoms with Crippen molar-refractivity contribution in [2.75, 3.05) is 7.05 Å². The molecule has 1 aromatic carbocycles. The third-order valence-corrected chi connectivity index (χ3v) is 3.44. The Morgan fingerprint density at radius 1 is 1.11 bits per heavy atom. The van der Waals surface area contributed by atoms with Gasteiger partial charge in [-0.05, 0) is 44.8 Å². The van der Waals surface area contributed by atoms with Crippen LogP contribution in [0.15, 0.2) is 35.3 Å². The number of nitrogens with one attached hydrogen (secondary N) is 1. The summed E-state index contributed by atoms with van der Waals surface area (Å²) in [4.78, 5) is 12.4. The lowest BCUT2D eigenvalue weighted by molar-refractivity contribution is 0.567. The maximum absolute atomic E-state index is 12.4. The van der Waals surface area contributed by atoms with Gasteiger partial charge in [-0.2, -0.15) is 0 Å². The number of aromatic nitrogens is 1. The van der Waals surface area contributed by atoms with Crippen LogP contribution in [0.5, 0.6) is 0 Å². The zero-order valence-corrected chi connectivity index (χ0v) is 11.4. The summed E-state index contributed by atoms with van der Waals surface area (Å²) in [6.45, 7) is 6.17. The molecule has 0 aliphatic carbocycles. The van der Waals surface area contributed by atoms with E-state index in [9.17, 15) is 4.79 Å². The van der Waals surface area contributed by atoms with Gasteiger partial charge in [0.05, 0.1) is 0 Å². The zero-order valence-electron chi connectivity index (χ0n) is 11.4. The number of pyridine rings is 1. The second-order valence-corrected chi connectivity index (χ2v) is 4.95. The van der Waals surface area contributed by atoms with Crippen molar-refractivity contribution >= 4 is 10.8 Å². The molecule has 1 unspecified atom stereocenters. The van der Waals surface area contributed by atoms with Gasteiger partial charge in [-0.3, -0.25) is 4.79 Å². The van der Waals surface area contributed by atoms with E-state index in [1.54, 1.807) is 0 Å². The number of hydrogen-bond acceptors (Lipinski definition) is 2. The van der Waals surface area contributed by atoms with Gasteiger partial charge in [0.1, 0.15) is 0 Å². The monoisotopic (exact) mass is 244 g/mol. The maximum Gasteiger partial charge on any atom is 0.258 e. The van der Waals surface area contributed by atoms with Crippen molar-refractivity contribution in [3.05, 3.63) is 46.4 Å². The van der Waals surface area contributed by atoms with Crippen molar-refractivity contribution < 1.29 is 0 Å². The molecule has 18 heavy (non-hydrogen) atoms. The maximum atomic E-state index is 12.4. The molecule has 2 rings (SSSR count). The van der Waals surface area contributed by atoms with Gasteiger partial charge in [0, 0.05) is 23.7 Å². The van der Waals surface area contributed by atoms with Gasteiger partial charge >= 0.3 is 0 Å². The Bertz CT molecular complexity index is 613. The largest absolute Gasteiger partial charge is 0.313 e. The first-order valence-electron chi connectivity index (χ1n) is 6.37. The molecule has 1 heterocycles. The predicted molar refractivity (Wildman–Crippen MR) is 76.1 cm³/mol. The van der Waals surface area contributed by atoms with E-state index in [1.807, 2.05) is 55.9 Å². The number of fused-ring (bicyclic) bond motifs is 1. The van der Waals surface area contributed by atoms with Crippen LogP contribution in [0.3, 0.4) is 0 Å². The van der Waals surface area contributed by atoms with Gasteiger partial charge in [-0.15, -0.1) is 0 Å². The lowest BCUT2D eigenvalue weighted by Crippen LogP contribution is -2.24. The van der Waals surface area contributed by atoms with Crippen LogP contribution < -0.4 is 10.9 Å². The molecule has 1 aromatic heterocycles. The van der Waals surface area contributed by atoms with E-state index in [4.69, 9.17) is 0 Å². The molecule has 1 atom stereocenters. The van der Waals surface area contributed by atoms with Gasteiger partial charge in [0.2, 0.25) is 0 Å². The molecule has 1 N–H and O–H groups in total. The molecule has 0 saturated carbocycles. The molecular weight excluding hydrogens is 224 g/mol. The van der Waals surface area contributed by atoms with Gasteiger partial charge in [0.25, 0.3) is 5.56 Å². The van der Waals surface area contributed by atoms with E-state index in [0.717, 1.165) is 10.8 Å². The van der Waals surface area contributed by atoms with Crippen LogP contribution in [0.2, 0.25) is 0 Å². The average Bonchev–Trinajstić information content (AvgIpc) is 2.38. The normalized spacial score (nSPS) is 13.2. The number of benzene rings is 1. The van der Waals surface area contributed by atoms with Crippen molar-refractivity contribution in [2.45, 2.75) is 32.9 Å². The minimum atomic E-state index is 0.0904. The number of nitrogens with zero attached hydrogens (tertiary/aromatic N) is 1. The third kappa shape index (κ3) is 2.06. The average molecular weight is 244 g/mol. The topological polar surface area (TPSA) is 34.0 Å². The Morgan fingerprint density at radius 3 is 2.28 bits per heavy atom. The van der Waals surface area contributed by atoms with Crippen molar-refractivity contribution in [3.63, 3.8) is 0 Å². The van der Waals surface area contributed by atoms with Crippen LogP contribution >= 0.6 is 0 Å². The summed E-state index contributed by atoms with van der Waals surface area (Å²) in [5.41, 5.74) is 1.26. The summed E-state index contributed by atoms with van der Waals surface area (Å²) in [5.74, 6) is 0. The standard InChI is InChI=1S/C15H20N2O/c1-10(2)17-9-14(11(3)16-4)12-7-5-6-8-13(12)15(17)18/h5-11,16H,1-4H3. The summed E-state index contributed by atoms with van der Waals surface area (Å²) in [6, 6.07) is 8.22. The highest BCUT2D eigenvalue weighted by Gasteiger charge is 2.13. The first-order chi connectivity index (χ1) is 8.56. The van der Waals surface area contributed by atoms with Gasteiger partial charge < -0.3 is 9.88 Å². The predicted octanol–water partition coefficient (Wildman–Crippen LogP) is 2.86. The molecule has 3 heteroatoms. The summed E-state index contributed by atoms with van der Waals surface area (Å²) in [7, 11) is 1.93. The second-order valence-electron chi connectivity index (χ2n) is 4.95. The van der Waals surface area contributed by atoms with Crippen molar-refractivity contribution in [3.8, 4) is 0 Å². The lowest BCUT2D eigenvalue weighted by Gasteiger charge is -2.18. The lowest BCUT2D eigenvalue weighted by atomic mass is 10.0. The Kier molecular flexibility index (Phi) is 3.53. The minimum absolute atomic E-state index is 0.0904. The Labute approximate surface area is 107 Å². The van der Waals surface area contributed by atoms with E-state index in [-0.39, 0.29) is 17.6 Å². The van der Waals surface area contributed by atoms with E-state index < -0.39 is 0 Å². The minimum Gasteiger partial charge on any atom is -0.313 e. The first kappa shape index (κ1) is 12.8. The van der Waals surface area contributed by atoms with Crippen LogP contribution in [0.1, 0.15) is 38.4 Å². The highest BCUT2D eigenvalue weighted by Crippen LogP contribution is 2.22. The molecule has 0 aliphatic heterocycles. The van der Waals surface area contributed by atoms with Crippen LogP contribution in [0.4, 0.5) is 0 Å². The van der Waals surface area contributed by atoms with E-state index in [0.29, 0.717) is 0 Å². The van der Waals surface area contributed by atoms with Crippen LogP contribution in [-0.4, -0.2) is 11.6 Å². The van der Waals surface area contributed by atoms with Gasteiger partial charge in [-0.25, -0.2) is 0 Å². The fourth-order valence-corrected chi connectivity index (χ4v) is 2.22. The molecule has 0 fully saturated rings. The smallest absolute Gasteiger partial charge is 0.258 e. The van der Waals surface area contributed by atoms with Crippen LogP contribution in [0, 0.1) is 0 Å². The fourth-order valence-electron chi connectivity index (χ4n) is 2.22. The molecule has 0 saturated heterocycles. The highest BCUT2D eigenvalue weighted by molar-refractivity contribution is 5.85. The molecule has 0 radical (unpaired) electrons. The van der Waals surface area contributed by atoms with Crippen molar-refractivity contribution in [2.24, 2.45) is 0 Å². The Balaban J connectivity index is 2.84. The molecule has 2 aromatic rings. The molecule has 0 bridgehead atoms. The van der Waals surface area contributed by atoms with E-state index in [1.165, 1.54) is 5.56 Å². The fraction of sp³-hybridized carbons (Fsp3) is 0.400.